The highest BCUT2D eigenvalue weighted by atomic mass is 35.5. The van der Waals surface area contributed by atoms with Crippen LogP contribution in [0.3, 0.4) is 0 Å². The van der Waals surface area contributed by atoms with E-state index in [1.807, 2.05) is 0 Å². The number of hydrogen-bond acceptors (Lipinski definition) is 3. The van der Waals surface area contributed by atoms with Crippen LogP contribution in [0, 0.1) is 0 Å². The number of alkyl halides is 1. The van der Waals surface area contributed by atoms with E-state index in [9.17, 15) is 9.59 Å². The highest BCUT2D eigenvalue weighted by Gasteiger charge is 2.16. The van der Waals surface area contributed by atoms with Crippen molar-refractivity contribution in [3.05, 3.63) is 35.4 Å². The van der Waals surface area contributed by atoms with Crippen molar-refractivity contribution in [2.45, 2.75) is 26.2 Å². The molecule has 0 radical (unpaired) electrons. The monoisotopic (exact) mass is 268 g/mol. The zero-order valence-corrected chi connectivity index (χ0v) is 11.2. The number of ketones is 1. The largest absolute Gasteiger partial charge is 0.462 e. The highest BCUT2D eigenvalue weighted by Crippen LogP contribution is 2.14. The van der Waals surface area contributed by atoms with Gasteiger partial charge in [0.25, 0.3) is 0 Å². The topological polar surface area (TPSA) is 43.4 Å². The molecule has 0 saturated carbocycles. The molecule has 0 aliphatic carbocycles. The van der Waals surface area contributed by atoms with Crippen LogP contribution in [0.5, 0.6) is 0 Å². The second kappa shape index (κ2) is 7.88. The number of esters is 1. The Labute approximate surface area is 112 Å². The molecule has 0 saturated heterocycles. The van der Waals surface area contributed by atoms with Gasteiger partial charge in [-0.05, 0) is 25.8 Å². The first-order valence-electron chi connectivity index (χ1n) is 6.06. The lowest BCUT2D eigenvalue weighted by Crippen LogP contribution is -2.11. The number of halogens is 1. The first-order valence-corrected chi connectivity index (χ1v) is 6.59. The van der Waals surface area contributed by atoms with Gasteiger partial charge in [0.1, 0.15) is 0 Å². The van der Waals surface area contributed by atoms with Crippen LogP contribution < -0.4 is 0 Å². The Morgan fingerprint density at radius 3 is 2.44 bits per heavy atom. The third-order valence-corrected chi connectivity index (χ3v) is 2.78. The average Bonchev–Trinajstić information content (AvgIpc) is 2.39. The molecule has 3 nitrogen and oxygen atoms in total. The normalized spacial score (nSPS) is 10.1. The Morgan fingerprint density at radius 2 is 1.83 bits per heavy atom. The van der Waals surface area contributed by atoms with Gasteiger partial charge in [0.05, 0.1) is 12.2 Å². The molecule has 0 atom stereocenters. The third kappa shape index (κ3) is 4.15. The minimum absolute atomic E-state index is 0.0382. The molecule has 1 rings (SSSR count). The van der Waals surface area contributed by atoms with Crippen LogP contribution in [0.2, 0.25) is 0 Å². The summed E-state index contributed by atoms with van der Waals surface area (Å²) >= 11 is 5.57. The number of carbonyl (C=O) groups excluding carboxylic acids is 2. The van der Waals surface area contributed by atoms with Gasteiger partial charge in [0, 0.05) is 17.9 Å². The first kappa shape index (κ1) is 14.7. The molecule has 1 aromatic rings. The summed E-state index contributed by atoms with van der Waals surface area (Å²) in [6.07, 6.45) is 1.94. The molecule has 1 aromatic carbocycles. The maximum atomic E-state index is 12.0. The summed E-state index contributed by atoms with van der Waals surface area (Å²) < 4.78 is 4.93. The average molecular weight is 269 g/mol. The van der Waals surface area contributed by atoms with Crippen LogP contribution in [0.15, 0.2) is 24.3 Å². The second-order valence-corrected chi connectivity index (χ2v) is 4.21. The SMILES string of the molecule is CCOC(=O)c1ccccc1C(=O)CCCCCl. The van der Waals surface area contributed by atoms with Crippen LogP contribution in [-0.4, -0.2) is 24.2 Å². The third-order valence-electron chi connectivity index (χ3n) is 2.51. The van der Waals surface area contributed by atoms with Crippen molar-refractivity contribution in [2.24, 2.45) is 0 Å². The van der Waals surface area contributed by atoms with E-state index in [2.05, 4.69) is 0 Å². The van der Waals surface area contributed by atoms with Gasteiger partial charge in [0.15, 0.2) is 5.78 Å². The molecule has 98 valence electrons. The molecule has 0 aliphatic rings. The predicted octanol–water partition coefficient (Wildman–Crippen LogP) is 3.46. The number of ether oxygens (including phenoxy) is 1. The standard InChI is InChI=1S/C14H17ClO3/c1-2-18-14(17)12-8-4-3-7-11(12)13(16)9-5-6-10-15/h3-4,7-8H,2,5-6,9-10H2,1H3. The van der Waals surface area contributed by atoms with Crippen molar-refractivity contribution in [1.29, 1.82) is 0 Å². The molecule has 0 fully saturated rings. The summed E-state index contributed by atoms with van der Waals surface area (Å²) in [4.78, 5) is 23.7. The smallest absolute Gasteiger partial charge is 0.338 e. The number of Topliss-reactive ketones (excluding diaryl/α,β-unsaturated/α-hetero) is 1. The molecule has 18 heavy (non-hydrogen) atoms. The summed E-state index contributed by atoms with van der Waals surface area (Å²) in [6, 6.07) is 6.75. The number of carbonyl (C=O) groups is 2. The predicted molar refractivity (Wildman–Crippen MR) is 71.3 cm³/mol. The number of benzene rings is 1. The first-order chi connectivity index (χ1) is 8.70. The maximum absolute atomic E-state index is 12.0. The van der Waals surface area contributed by atoms with Gasteiger partial charge in [0.2, 0.25) is 0 Å². The van der Waals surface area contributed by atoms with Crippen molar-refractivity contribution in [3.63, 3.8) is 0 Å². The molecule has 0 bridgehead atoms. The summed E-state index contributed by atoms with van der Waals surface area (Å²) in [5, 5.41) is 0. The van der Waals surface area contributed by atoms with E-state index in [4.69, 9.17) is 16.3 Å². The van der Waals surface area contributed by atoms with Crippen LogP contribution in [0.1, 0.15) is 46.9 Å². The van der Waals surface area contributed by atoms with Gasteiger partial charge in [-0.2, -0.15) is 0 Å². The van der Waals surface area contributed by atoms with Crippen molar-refractivity contribution in [3.8, 4) is 0 Å². The van der Waals surface area contributed by atoms with Crippen molar-refractivity contribution in [1.82, 2.24) is 0 Å². The Balaban J connectivity index is 2.81. The maximum Gasteiger partial charge on any atom is 0.338 e. The van der Waals surface area contributed by atoms with Gasteiger partial charge >= 0.3 is 5.97 Å². The number of hydrogen-bond donors (Lipinski definition) is 0. The lowest BCUT2D eigenvalue weighted by molar-refractivity contribution is 0.0523. The molecule has 0 aliphatic heterocycles. The summed E-state index contributed by atoms with van der Waals surface area (Å²) in [6.45, 7) is 2.04. The molecule has 0 amide bonds. The van der Waals surface area contributed by atoms with Crippen molar-refractivity contribution >= 4 is 23.4 Å². The van der Waals surface area contributed by atoms with Crippen LogP contribution in [0.4, 0.5) is 0 Å². The summed E-state index contributed by atoms with van der Waals surface area (Å²) in [7, 11) is 0. The Morgan fingerprint density at radius 1 is 1.17 bits per heavy atom. The number of unbranched alkanes of at least 4 members (excludes halogenated alkanes) is 1. The van der Waals surface area contributed by atoms with Gasteiger partial charge in [-0.3, -0.25) is 4.79 Å². The van der Waals surface area contributed by atoms with Crippen molar-refractivity contribution < 1.29 is 14.3 Å². The van der Waals surface area contributed by atoms with Gasteiger partial charge < -0.3 is 4.74 Å². The van der Waals surface area contributed by atoms with E-state index in [0.29, 0.717) is 30.0 Å². The molecule has 0 N–H and O–H groups in total. The minimum atomic E-state index is -0.446. The Hall–Kier alpha value is -1.35. The van der Waals surface area contributed by atoms with Crippen LogP contribution >= 0.6 is 11.6 Å². The molecule has 0 spiro atoms. The fourth-order valence-electron chi connectivity index (χ4n) is 1.63. The van der Waals surface area contributed by atoms with Gasteiger partial charge in [-0.1, -0.05) is 18.2 Å². The number of rotatable bonds is 7. The summed E-state index contributed by atoms with van der Waals surface area (Å²) in [5.74, 6) is 0.0647. The summed E-state index contributed by atoms with van der Waals surface area (Å²) in [5.41, 5.74) is 0.778. The molecular weight excluding hydrogens is 252 g/mol. The fraction of sp³-hybridized carbons (Fsp3) is 0.429. The lowest BCUT2D eigenvalue weighted by atomic mass is 10.00. The molecule has 0 unspecified atom stereocenters. The van der Waals surface area contributed by atoms with Gasteiger partial charge in [-0.15, -0.1) is 11.6 Å². The fourth-order valence-corrected chi connectivity index (χ4v) is 1.82. The van der Waals surface area contributed by atoms with E-state index >= 15 is 0 Å². The molecular formula is C14H17ClO3. The zero-order chi connectivity index (χ0) is 13.4. The minimum Gasteiger partial charge on any atom is -0.462 e. The van der Waals surface area contributed by atoms with E-state index in [0.717, 1.165) is 12.8 Å². The molecule has 0 aromatic heterocycles. The second-order valence-electron chi connectivity index (χ2n) is 3.84. The lowest BCUT2D eigenvalue weighted by Gasteiger charge is -2.07. The molecule has 0 heterocycles. The van der Waals surface area contributed by atoms with E-state index in [1.54, 1.807) is 31.2 Å². The zero-order valence-electron chi connectivity index (χ0n) is 10.4. The molecule has 4 heteroatoms. The van der Waals surface area contributed by atoms with Crippen LogP contribution in [0.25, 0.3) is 0 Å². The van der Waals surface area contributed by atoms with E-state index in [1.165, 1.54) is 0 Å². The Bertz CT molecular complexity index is 415. The quantitative estimate of drug-likeness (QED) is 0.329. The van der Waals surface area contributed by atoms with E-state index < -0.39 is 5.97 Å². The van der Waals surface area contributed by atoms with Crippen molar-refractivity contribution in [2.75, 3.05) is 12.5 Å². The highest BCUT2D eigenvalue weighted by molar-refractivity contribution is 6.17. The van der Waals surface area contributed by atoms with E-state index in [-0.39, 0.29) is 5.78 Å². The van der Waals surface area contributed by atoms with Gasteiger partial charge in [-0.25, -0.2) is 4.79 Å². The van der Waals surface area contributed by atoms with Crippen LogP contribution in [-0.2, 0) is 4.74 Å². The Kier molecular flexibility index (Phi) is 6.44.